The van der Waals surface area contributed by atoms with Crippen LogP contribution in [0.1, 0.15) is 12.5 Å². The molecular weight excluding hydrogens is 336 g/mol. The second kappa shape index (κ2) is 8.48. The lowest BCUT2D eigenvalue weighted by Gasteiger charge is -2.23. The van der Waals surface area contributed by atoms with Gasteiger partial charge >= 0.3 is 0 Å². The number of methoxy groups -OCH3 is 1. The van der Waals surface area contributed by atoms with E-state index in [1.165, 1.54) is 18.2 Å². The number of hydrogen-bond acceptors (Lipinski definition) is 6. The average Bonchev–Trinajstić information content (AvgIpc) is 2.66. The largest absolute Gasteiger partial charge is 0.497 e. The zero-order valence-corrected chi connectivity index (χ0v) is 14.4. The van der Waals surface area contributed by atoms with E-state index in [9.17, 15) is 20.2 Å². The Labute approximate surface area is 150 Å². The van der Waals surface area contributed by atoms with Gasteiger partial charge < -0.3 is 15.0 Å². The minimum absolute atomic E-state index is 0.00895. The first-order chi connectivity index (χ1) is 12.5. The first-order valence-corrected chi connectivity index (χ1v) is 7.85. The molecular formula is C18H18N4O4. The van der Waals surface area contributed by atoms with Crippen molar-refractivity contribution < 1.29 is 14.5 Å². The van der Waals surface area contributed by atoms with E-state index in [4.69, 9.17) is 4.74 Å². The van der Waals surface area contributed by atoms with Crippen LogP contribution in [0.4, 0.5) is 17.1 Å². The number of ether oxygens (including phenoxy) is 1. The van der Waals surface area contributed by atoms with Gasteiger partial charge in [0, 0.05) is 24.4 Å². The molecule has 0 atom stereocenters. The van der Waals surface area contributed by atoms with Crippen LogP contribution in [0.3, 0.4) is 0 Å². The van der Waals surface area contributed by atoms with Crippen molar-refractivity contribution in [2.24, 2.45) is 0 Å². The van der Waals surface area contributed by atoms with E-state index >= 15 is 0 Å². The Morgan fingerprint density at radius 2 is 2.00 bits per heavy atom. The minimum atomic E-state index is -0.558. The maximum atomic E-state index is 12.3. The van der Waals surface area contributed by atoms with Crippen molar-refractivity contribution in [3.63, 3.8) is 0 Å². The Morgan fingerprint density at radius 1 is 1.31 bits per heavy atom. The van der Waals surface area contributed by atoms with Gasteiger partial charge in [0.1, 0.15) is 11.8 Å². The van der Waals surface area contributed by atoms with Crippen molar-refractivity contribution in [3.8, 4) is 11.8 Å². The van der Waals surface area contributed by atoms with Gasteiger partial charge in [0.15, 0.2) is 0 Å². The van der Waals surface area contributed by atoms with Gasteiger partial charge in [-0.1, -0.05) is 0 Å². The number of nitro groups is 1. The van der Waals surface area contributed by atoms with Gasteiger partial charge in [-0.25, -0.2) is 0 Å². The van der Waals surface area contributed by atoms with Gasteiger partial charge in [0.05, 0.1) is 29.8 Å². The number of rotatable bonds is 7. The number of benzene rings is 2. The molecule has 2 aromatic carbocycles. The number of hydrogen-bond donors (Lipinski definition) is 1. The highest BCUT2D eigenvalue weighted by molar-refractivity contribution is 5.94. The van der Waals surface area contributed by atoms with Gasteiger partial charge in [0.2, 0.25) is 5.91 Å². The molecule has 0 saturated carbocycles. The summed E-state index contributed by atoms with van der Waals surface area (Å²) in [5, 5.41) is 22.9. The lowest BCUT2D eigenvalue weighted by molar-refractivity contribution is -0.384. The molecule has 0 aliphatic rings. The molecule has 0 aliphatic carbocycles. The van der Waals surface area contributed by atoms with E-state index < -0.39 is 4.92 Å². The van der Waals surface area contributed by atoms with Crippen LogP contribution in [0.5, 0.6) is 5.75 Å². The fraction of sp³-hybridized carbons (Fsp3) is 0.222. The average molecular weight is 354 g/mol. The monoisotopic (exact) mass is 354 g/mol. The number of nitrogens with zero attached hydrogens (tertiary/aromatic N) is 3. The summed E-state index contributed by atoms with van der Waals surface area (Å²) in [5.41, 5.74) is 1.09. The molecule has 2 aromatic rings. The molecule has 0 aliphatic heterocycles. The molecule has 2 rings (SSSR count). The summed E-state index contributed by atoms with van der Waals surface area (Å²) in [6.45, 7) is 2.31. The molecule has 0 saturated heterocycles. The maximum Gasteiger partial charge on any atom is 0.270 e. The number of carbonyl (C=O) groups is 1. The van der Waals surface area contributed by atoms with Crippen LogP contribution in [-0.4, -0.2) is 31.0 Å². The third-order valence-electron chi connectivity index (χ3n) is 3.74. The Morgan fingerprint density at radius 3 is 2.54 bits per heavy atom. The number of likely N-dealkylation sites (N-methyl/N-ethyl adjacent to an activating group) is 1. The number of amides is 1. The molecule has 0 fully saturated rings. The second-order valence-electron chi connectivity index (χ2n) is 5.36. The number of nitro benzene ring substituents is 1. The summed E-state index contributed by atoms with van der Waals surface area (Å²) in [7, 11) is 1.56. The Bertz CT molecular complexity index is 843. The van der Waals surface area contributed by atoms with Crippen LogP contribution in [0.2, 0.25) is 0 Å². The highest BCUT2D eigenvalue weighted by Crippen LogP contribution is 2.25. The minimum Gasteiger partial charge on any atom is -0.497 e. The van der Waals surface area contributed by atoms with Crippen molar-refractivity contribution in [1.29, 1.82) is 5.26 Å². The zero-order chi connectivity index (χ0) is 19.1. The molecule has 1 amide bonds. The summed E-state index contributed by atoms with van der Waals surface area (Å²) in [4.78, 5) is 24.3. The van der Waals surface area contributed by atoms with Gasteiger partial charge in [-0.2, -0.15) is 5.26 Å². The van der Waals surface area contributed by atoms with Crippen LogP contribution < -0.4 is 15.0 Å². The molecule has 0 unspecified atom stereocenters. The van der Waals surface area contributed by atoms with Gasteiger partial charge in [-0.3, -0.25) is 14.9 Å². The summed E-state index contributed by atoms with van der Waals surface area (Å²) in [6.07, 6.45) is 0. The van der Waals surface area contributed by atoms with E-state index in [-0.39, 0.29) is 23.7 Å². The fourth-order valence-corrected chi connectivity index (χ4v) is 2.42. The summed E-state index contributed by atoms with van der Waals surface area (Å²) in [5.74, 6) is 0.419. The van der Waals surface area contributed by atoms with E-state index in [0.717, 1.165) is 0 Å². The van der Waals surface area contributed by atoms with E-state index in [1.54, 1.807) is 36.3 Å². The molecule has 26 heavy (non-hydrogen) atoms. The van der Waals surface area contributed by atoms with Crippen LogP contribution >= 0.6 is 0 Å². The zero-order valence-electron chi connectivity index (χ0n) is 14.4. The van der Waals surface area contributed by atoms with Gasteiger partial charge in [-0.15, -0.1) is 0 Å². The first-order valence-electron chi connectivity index (χ1n) is 7.85. The Hall–Kier alpha value is -3.60. The van der Waals surface area contributed by atoms with Gasteiger partial charge in [-0.05, 0) is 37.3 Å². The smallest absolute Gasteiger partial charge is 0.270 e. The van der Waals surface area contributed by atoms with Crippen molar-refractivity contribution in [1.82, 2.24) is 0 Å². The van der Waals surface area contributed by atoms with E-state index in [0.29, 0.717) is 23.7 Å². The number of non-ortho nitro benzene ring substituents is 1. The van der Waals surface area contributed by atoms with Crippen molar-refractivity contribution in [2.75, 3.05) is 30.4 Å². The summed E-state index contributed by atoms with van der Waals surface area (Å²) < 4.78 is 5.07. The molecule has 0 bridgehead atoms. The number of nitriles is 1. The van der Waals surface area contributed by atoms with Crippen LogP contribution in [-0.2, 0) is 4.79 Å². The predicted octanol–water partition coefficient (Wildman–Crippen LogP) is 2.94. The van der Waals surface area contributed by atoms with Crippen molar-refractivity contribution in [3.05, 3.63) is 58.1 Å². The molecule has 8 heteroatoms. The van der Waals surface area contributed by atoms with Gasteiger partial charge in [0.25, 0.3) is 5.69 Å². The normalized spacial score (nSPS) is 9.88. The molecule has 1 N–H and O–H groups in total. The molecule has 0 spiro atoms. The number of nitrogens with one attached hydrogen (secondary N) is 1. The summed E-state index contributed by atoms with van der Waals surface area (Å²) in [6, 6.07) is 12.9. The molecule has 0 radical (unpaired) electrons. The van der Waals surface area contributed by atoms with Crippen molar-refractivity contribution >= 4 is 23.0 Å². The Kier molecular flexibility index (Phi) is 6.11. The van der Waals surface area contributed by atoms with Crippen molar-refractivity contribution in [2.45, 2.75) is 6.92 Å². The molecule has 0 aromatic heterocycles. The first kappa shape index (κ1) is 18.7. The highest BCUT2D eigenvalue weighted by atomic mass is 16.6. The number of carbonyl (C=O) groups excluding carboxylic acids is 1. The van der Waals surface area contributed by atoms with E-state index in [1.807, 2.05) is 13.0 Å². The number of anilines is 2. The third kappa shape index (κ3) is 4.48. The SMILES string of the molecule is CCN(CC(=O)Nc1ccc(OC)cc1)c1ccc([N+](=O)[O-])cc1C#N. The third-order valence-corrected chi connectivity index (χ3v) is 3.74. The quantitative estimate of drug-likeness (QED) is 0.605. The molecule has 8 nitrogen and oxygen atoms in total. The highest BCUT2D eigenvalue weighted by Gasteiger charge is 2.17. The second-order valence-corrected chi connectivity index (χ2v) is 5.36. The topological polar surface area (TPSA) is 108 Å². The lowest BCUT2D eigenvalue weighted by Crippen LogP contribution is -2.33. The van der Waals surface area contributed by atoms with Crippen LogP contribution in [0, 0.1) is 21.4 Å². The lowest BCUT2D eigenvalue weighted by atomic mass is 10.1. The van der Waals surface area contributed by atoms with Crippen LogP contribution in [0.25, 0.3) is 0 Å². The summed E-state index contributed by atoms with van der Waals surface area (Å²) >= 11 is 0. The Balaban J connectivity index is 2.14. The maximum absolute atomic E-state index is 12.3. The fourth-order valence-electron chi connectivity index (χ4n) is 2.42. The predicted molar refractivity (Wildman–Crippen MR) is 97.3 cm³/mol. The van der Waals surface area contributed by atoms with E-state index in [2.05, 4.69) is 5.32 Å². The standard InChI is InChI=1S/C18H18N4O4/c1-3-21(17-9-6-15(22(24)25)10-13(17)11-19)12-18(23)20-14-4-7-16(26-2)8-5-14/h4-10H,3,12H2,1-2H3,(H,20,23). The molecule has 0 heterocycles. The van der Waals surface area contributed by atoms with Crippen LogP contribution in [0.15, 0.2) is 42.5 Å². The molecule has 134 valence electrons.